The van der Waals surface area contributed by atoms with Crippen LogP contribution >= 0.6 is 0 Å². The number of nitrogens with zero attached hydrogens (tertiary/aromatic N) is 2. The quantitative estimate of drug-likeness (QED) is 0.909. The molecule has 0 saturated carbocycles. The van der Waals surface area contributed by atoms with Gasteiger partial charge in [0, 0.05) is 18.6 Å². The maximum atomic E-state index is 12.2. The summed E-state index contributed by atoms with van der Waals surface area (Å²) in [4.78, 5) is 20.1. The molecule has 0 spiro atoms. The van der Waals surface area contributed by atoms with Crippen LogP contribution in [-0.4, -0.2) is 23.0 Å². The van der Waals surface area contributed by atoms with Gasteiger partial charge < -0.3 is 10.1 Å². The van der Waals surface area contributed by atoms with E-state index in [0.29, 0.717) is 11.4 Å². The van der Waals surface area contributed by atoms with E-state index in [2.05, 4.69) is 15.3 Å². The number of rotatable bonds is 4. The Hall–Kier alpha value is -2.43. The van der Waals surface area contributed by atoms with Gasteiger partial charge in [0.25, 0.3) is 5.91 Å². The number of nitrogens with one attached hydrogen (secondary N) is 1. The maximum absolute atomic E-state index is 12.2. The van der Waals surface area contributed by atoms with Crippen LogP contribution < -0.4 is 10.1 Å². The second-order valence-electron chi connectivity index (χ2n) is 4.04. The first kappa shape index (κ1) is 13.0. The van der Waals surface area contributed by atoms with Crippen LogP contribution in [-0.2, 0) is 0 Å². The van der Waals surface area contributed by atoms with E-state index in [1.807, 2.05) is 19.1 Å². The molecule has 1 N–H and O–H groups in total. The molecule has 98 valence electrons. The van der Waals surface area contributed by atoms with Crippen molar-refractivity contribution in [3.05, 3.63) is 54.0 Å². The first-order valence-corrected chi connectivity index (χ1v) is 5.92. The van der Waals surface area contributed by atoms with Gasteiger partial charge in [-0.1, -0.05) is 0 Å². The van der Waals surface area contributed by atoms with E-state index >= 15 is 0 Å². The van der Waals surface area contributed by atoms with Gasteiger partial charge in [0.2, 0.25) is 5.88 Å². The monoisotopic (exact) mass is 257 g/mol. The second-order valence-corrected chi connectivity index (χ2v) is 4.04. The molecule has 2 rings (SSSR count). The molecule has 0 saturated heterocycles. The van der Waals surface area contributed by atoms with Crippen LogP contribution in [0, 0.1) is 0 Å². The lowest BCUT2D eigenvalue weighted by Gasteiger charge is -2.14. The molecule has 0 aliphatic rings. The number of aromatic nitrogens is 2. The zero-order valence-electron chi connectivity index (χ0n) is 10.8. The molecular weight excluding hydrogens is 242 g/mol. The Morgan fingerprint density at radius 3 is 2.68 bits per heavy atom. The lowest BCUT2D eigenvalue weighted by Crippen LogP contribution is -2.27. The topological polar surface area (TPSA) is 64.1 Å². The summed E-state index contributed by atoms with van der Waals surface area (Å²) in [5.74, 6) is 0.108. The molecule has 0 aliphatic heterocycles. The number of amides is 1. The summed E-state index contributed by atoms with van der Waals surface area (Å²) in [7, 11) is 1.49. The van der Waals surface area contributed by atoms with Gasteiger partial charge in [-0.15, -0.1) is 0 Å². The third-order valence-corrected chi connectivity index (χ3v) is 2.76. The summed E-state index contributed by atoms with van der Waals surface area (Å²) in [6.07, 6.45) is 4.98. The predicted octanol–water partition coefficient (Wildman–Crippen LogP) is 1.98. The second kappa shape index (κ2) is 5.95. The number of methoxy groups -OCH3 is 1. The zero-order valence-corrected chi connectivity index (χ0v) is 10.8. The molecule has 2 aromatic heterocycles. The van der Waals surface area contributed by atoms with Gasteiger partial charge in [0.1, 0.15) is 5.56 Å². The number of ether oxygens (including phenoxy) is 1. The fraction of sp³-hybridized carbons (Fsp3) is 0.214. The highest BCUT2D eigenvalue weighted by Gasteiger charge is 2.15. The van der Waals surface area contributed by atoms with E-state index < -0.39 is 0 Å². The maximum Gasteiger partial charge on any atom is 0.257 e. The van der Waals surface area contributed by atoms with Gasteiger partial charge >= 0.3 is 0 Å². The average Bonchev–Trinajstić information content (AvgIpc) is 2.48. The van der Waals surface area contributed by atoms with Crippen LogP contribution in [0.4, 0.5) is 0 Å². The van der Waals surface area contributed by atoms with Gasteiger partial charge in [0.15, 0.2) is 0 Å². The van der Waals surface area contributed by atoms with Gasteiger partial charge in [-0.2, -0.15) is 0 Å². The van der Waals surface area contributed by atoms with Gasteiger partial charge in [0.05, 0.1) is 13.2 Å². The molecule has 0 fully saturated rings. The molecule has 5 heteroatoms. The van der Waals surface area contributed by atoms with Crippen LogP contribution in [0.1, 0.15) is 28.9 Å². The molecule has 0 bridgehead atoms. The highest BCUT2D eigenvalue weighted by Crippen LogP contribution is 2.16. The molecule has 0 aromatic carbocycles. The first-order valence-electron chi connectivity index (χ1n) is 5.92. The SMILES string of the molecule is COc1ncccc1C(=O)N[C@@H](C)c1ccncc1. The van der Waals surface area contributed by atoms with Gasteiger partial charge in [-0.3, -0.25) is 9.78 Å². The Morgan fingerprint density at radius 2 is 2.00 bits per heavy atom. The van der Waals surface area contributed by atoms with Crippen molar-refractivity contribution in [2.24, 2.45) is 0 Å². The fourth-order valence-corrected chi connectivity index (χ4v) is 1.74. The van der Waals surface area contributed by atoms with Crippen LogP contribution in [0.2, 0.25) is 0 Å². The van der Waals surface area contributed by atoms with Crippen molar-refractivity contribution in [3.63, 3.8) is 0 Å². The summed E-state index contributed by atoms with van der Waals surface area (Å²) >= 11 is 0. The van der Waals surface area contributed by atoms with Crippen molar-refractivity contribution in [3.8, 4) is 5.88 Å². The lowest BCUT2D eigenvalue weighted by atomic mass is 10.1. The molecule has 0 radical (unpaired) electrons. The normalized spacial score (nSPS) is 11.7. The van der Waals surface area contributed by atoms with Gasteiger partial charge in [-0.25, -0.2) is 4.98 Å². The number of carbonyl (C=O) groups is 1. The fourth-order valence-electron chi connectivity index (χ4n) is 1.74. The first-order chi connectivity index (χ1) is 9.22. The van der Waals surface area contributed by atoms with Crippen LogP contribution in [0.3, 0.4) is 0 Å². The molecule has 0 aliphatic carbocycles. The highest BCUT2D eigenvalue weighted by molar-refractivity contribution is 5.96. The number of hydrogen-bond acceptors (Lipinski definition) is 4. The van der Waals surface area contributed by atoms with Crippen molar-refractivity contribution in [1.29, 1.82) is 0 Å². The Morgan fingerprint density at radius 1 is 1.26 bits per heavy atom. The molecule has 1 amide bonds. The number of carbonyl (C=O) groups excluding carboxylic acids is 1. The van der Waals surface area contributed by atoms with Crippen molar-refractivity contribution < 1.29 is 9.53 Å². The van der Waals surface area contributed by atoms with Crippen molar-refractivity contribution in [2.45, 2.75) is 13.0 Å². The summed E-state index contributed by atoms with van der Waals surface area (Å²) in [5, 5.41) is 2.90. The van der Waals surface area contributed by atoms with E-state index in [-0.39, 0.29) is 11.9 Å². The summed E-state index contributed by atoms with van der Waals surface area (Å²) in [6.45, 7) is 1.91. The summed E-state index contributed by atoms with van der Waals surface area (Å²) < 4.78 is 5.07. The Balaban J connectivity index is 2.13. The summed E-state index contributed by atoms with van der Waals surface area (Å²) in [5.41, 5.74) is 1.41. The lowest BCUT2D eigenvalue weighted by molar-refractivity contribution is 0.0936. The number of pyridine rings is 2. The van der Waals surface area contributed by atoms with Crippen molar-refractivity contribution in [2.75, 3.05) is 7.11 Å². The standard InChI is InChI=1S/C14H15N3O2/c1-10(11-5-8-15-9-6-11)17-13(18)12-4-3-7-16-14(12)19-2/h3-10H,1-2H3,(H,17,18)/t10-/m0/s1. The minimum atomic E-state index is -0.214. The van der Waals surface area contributed by atoms with Crippen LogP contribution in [0.5, 0.6) is 5.88 Å². The largest absolute Gasteiger partial charge is 0.480 e. The Kier molecular flexibility index (Phi) is 4.07. The average molecular weight is 257 g/mol. The van der Waals surface area contributed by atoms with Crippen LogP contribution in [0.25, 0.3) is 0 Å². The van der Waals surface area contributed by atoms with Crippen molar-refractivity contribution >= 4 is 5.91 Å². The van der Waals surface area contributed by atoms with E-state index in [1.54, 1.807) is 30.7 Å². The molecule has 5 nitrogen and oxygen atoms in total. The Bertz CT molecular complexity index is 558. The highest BCUT2D eigenvalue weighted by atomic mass is 16.5. The third kappa shape index (κ3) is 3.07. The van der Waals surface area contributed by atoms with E-state index in [0.717, 1.165) is 5.56 Å². The number of hydrogen-bond donors (Lipinski definition) is 1. The molecule has 0 unspecified atom stereocenters. The molecule has 2 heterocycles. The summed E-state index contributed by atoms with van der Waals surface area (Å²) in [6, 6.07) is 7.01. The minimum absolute atomic E-state index is 0.111. The Labute approximate surface area is 111 Å². The third-order valence-electron chi connectivity index (χ3n) is 2.76. The van der Waals surface area contributed by atoms with Crippen molar-refractivity contribution in [1.82, 2.24) is 15.3 Å². The predicted molar refractivity (Wildman–Crippen MR) is 70.9 cm³/mol. The van der Waals surface area contributed by atoms with E-state index in [9.17, 15) is 4.79 Å². The van der Waals surface area contributed by atoms with Gasteiger partial charge in [-0.05, 0) is 36.8 Å². The minimum Gasteiger partial charge on any atom is -0.480 e. The van der Waals surface area contributed by atoms with E-state index in [4.69, 9.17) is 4.74 Å². The smallest absolute Gasteiger partial charge is 0.257 e. The van der Waals surface area contributed by atoms with Crippen LogP contribution in [0.15, 0.2) is 42.9 Å². The van der Waals surface area contributed by atoms with E-state index in [1.165, 1.54) is 7.11 Å². The molecule has 19 heavy (non-hydrogen) atoms. The molecular formula is C14H15N3O2. The molecule has 1 atom stereocenters. The molecule has 2 aromatic rings. The zero-order chi connectivity index (χ0) is 13.7.